The number of ether oxygens (including phenoxy) is 1. The molecular formula is C14H17N3O. The lowest BCUT2D eigenvalue weighted by molar-refractivity contribution is 0.208. The molecule has 0 bridgehead atoms. The number of rotatable bonds is 6. The molecule has 0 saturated carbocycles. The van der Waals surface area contributed by atoms with Crippen molar-refractivity contribution in [2.75, 3.05) is 6.54 Å². The Balaban J connectivity index is 1.71. The maximum absolute atomic E-state index is 5.66. The van der Waals surface area contributed by atoms with Gasteiger partial charge in [0, 0.05) is 31.5 Å². The zero-order valence-electron chi connectivity index (χ0n) is 10.4. The Hall–Kier alpha value is -1.94. The molecule has 0 aliphatic heterocycles. The smallest absolute Gasteiger partial charge is 0.213 e. The van der Waals surface area contributed by atoms with Crippen LogP contribution in [-0.2, 0) is 6.54 Å². The van der Waals surface area contributed by atoms with E-state index in [1.54, 1.807) is 12.4 Å². The van der Waals surface area contributed by atoms with Crippen LogP contribution in [0.15, 0.2) is 48.8 Å². The molecule has 0 amide bonds. The van der Waals surface area contributed by atoms with E-state index in [9.17, 15) is 0 Å². The Morgan fingerprint density at radius 1 is 1.11 bits per heavy atom. The van der Waals surface area contributed by atoms with Crippen LogP contribution in [0.25, 0.3) is 0 Å². The van der Waals surface area contributed by atoms with Gasteiger partial charge in [-0.05, 0) is 25.1 Å². The van der Waals surface area contributed by atoms with Crippen LogP contribution in [0.5, 0.6) is 5.88 Å². The molecule has 0 aromatic carbocycles. The Morgan fingerprint density at radius 3 is 2.56 bits per heavy atom. The van der Waals surface area contributed by atoms with Gasteiger partial charge in [0.2, 0.25) is 5.88 Å². The first kappa shape index (κ1) is 12.5. The van der Waals surface area contributed by atoms with Crippen LogP contribution >= 0.6 is 0 Å². The third-order valence-corrected chi connectivity index (χ3v) is 2.42. The fraction of sp³-hybridized carbons (Fsp3) is 0.286. The van der Waals surface area contributed by atoms with Gasteiger partial charge in [-0.25, -0.2) is 4.98 Å². The van der Waals surface area contributed by atoms with Crippen LogP contribution in [0.4, 0.5) is 0 Å². The first-order valence-corrected chi connectivity index (χ1v) is 6.03. The summed E-state index contributed by atoms with van der Waals surface area (Å²) in [6.45, 7) is 3.52. The molecule has 2 aromatic rings. The summed E-state index contributed by atoms with van der Waals surface area (Å²) in [5.74, 6) is 0.657. The van der Waals surface area contributed by atoms with E-state index in [-0.39, 0.29) is 6.10 Å². The molecule has 1 unspecified atom stereocenters. The van der Waals surface area contributed by atoms with Gasteiger partial charge < -0.3 is 10.1 Å². The Bertz CT molecular complexity index is 447. The van der Waals surface area contributed by atoms with Crippen LogP contribution in [0.1, 0.15) is 12.6 Å². The molecule has 0 spiro atoms. The van der Waals surface area contributed by atoms with E-state index >= 15 is 0 Å². The summed E-state index contributed by atoms with van der Waals surface area (Å²) >= 11 is 0. The second-order valence-corrected chi connectivity index (χ2v) is 4.05. The number of hydrogen-bond donors (Lipinski definition) is 1. The molecule has 1 atom stereocenters. The minimum absolute atomic E-state index is 0.0728. The monoisotopic (exact) mass is 243 g/mol. The normalized spacial score (nSPS) is 12.1. The standard InChI is InChI=1S/C14H17N3O/c1-12(18-14-7-3-5-9-17-14)10-15-11-13-6-2-4-8-16-13/h2-9,12,15H,10-11H2,1H3. The molecule has 0 radical (unpaired) electrons. The molecule has 0 aliphatic rings. The van der Waals surface area contributed by atoms with Crippen LogP contribution in [0.3, 0.4) is 0 Å². The van der Waals surface area contributed by atoms with Crippen molar-refractivity contribution in [2.45, 2.75) is 19.6 Å². The summed E-state index contributed by atoms with van der Waals surface area (Å²) in [4.78, 5) is 8.37. The SMILES string of the molecule is CC(CNCc1ccccn1)Oc1ccccn1. The largest absolute Gasteiger partial charge is 0.473 e. The first-order valence-electron chi connectivity index (χ1n) is 6.03. The molecule has 2 heterocycles. The Kier molecular flexibility index (Phi) is 4.67. The van der Waals surface area contributed by atoms with E-state index in [0.717, 1.165) is 18.8 Å². The number of nitrogens with zero attached hydrogens (tertiary/aromatic N) is 2. The minimum atomic E-state index is 0.0728. The molecule has 94 valence electrons. The predicted molar refractivity (Wildman–Crippen MR) is 70.3 cm³/mol. The summed E-state index contributed by atoms with van der Waals surface area (Å²) < 4.78 is 5.66. The molecule has 2 rings (SSSR count). The van der Waals surface area contributed by atoms with Gasteiger partial charge >= 0.3 is 0 Å². The summed E-state index contributed by atoms with van der Waals surface area (Å²) in [6.07, 6.45) is 3.59. The van der Waals surface area contributed by atoms with Crippen molar-refractivity contribution in [3.63, 3.8) is 0 Å². The molecule has 4 heteroatoms. The molecule has 1 N–H and O–H groups in total. The van der Waals surface area contributed by atoms with Gasteiger partial charge in [-0.1, -0.05) is 12.1 Å². The van der Waals surface area contributed by atoms with Crippen molar-refractivity contribution in [2.24, 2.45) is 0 Å². The van der Waals surface area contributed by atoms with Crippen LogP contribution < -0.4 is 10.1 Å². The fourth-order valence-electron chi connectivity index (χ4n) is 1.57. The highest BCUT2D eigenvalue weighted by Gasteiger charge is 2.04. The zero-order valence-corrected chi connectivity index (χ0v) is 10.4. The third-order valence-electron chi connectivity index (χ3n) is 2.42. The lowest BCUT2D eigenvalue weighted by Gasteiger charge is -2.14. The average molecular weight is 243 g/mol. The molecule has 4 nitrogen and oxygen atoms in total. The van der Waals surface area contributed by atoms with Crippen molar-refractivity contribution in [3.8, 4) is 5.88 Å². The highest BCUT2D eigenvalue weighted by molar-refractivity contribution is 5.09. The van der Waals surface area contributed by atoms with E-state index in [1.165, 1.54) is 0 Å². The van der Waals surface area contributed by atoms with Gasteiger partial charge in [-0.15, -0.1) is 0 Å². The molecule has 2 aromatic heterocycles. The van der Waals surface area contributed by atoms with Gasteiger partial charge in [0.05, 0.1) is 5.69 Å². The molecule has 0 aliphatic carbocycles. The van der Waals surface area contributed by atoms with E-state index in [2.05, 4.69) is 15.3 Å². The number of nitrogens with one attached hydrogen (secondary N) is 1. The lowest BCUT2D eigenvalue weighted by Crippen LogP contribution is -2.29. The topological polar surface area (TPSA) is 47.0 Å². The number of pyridine rings is 2. The Morgan fingerprint density at radius 2 is 1.89 bits per heavy atom. The second-order valence-electron chi connectivity index (χ2n) is 4.05. The predicted octanol–water partition coefficient (Wildman–Crippen LogP) is 2.03. The molecular weight excluding hydrogens is 226 g/mol. The Labute approximate surface area is 107 Å². The maximum Gasteiger partial charge on any atom is 0.213 e. The maximum atomic E-state index is 5.66. The van der Waals surface area contributed by atoms with Crippen LogP contribution in [-0.4, -0.2) is 22.6 Å². The third kappa shape index (κ3) is 4.14. The number of hydrogen-bond acceptors (Lipinski definition) is 4. The van der Waals surface area contributed by atoms with E-state index < -0.39 is 0 Å². The highest BCUT2D eigenvalue weighted by atomic mass is 16.5. The minimum Gasteiger partial charge on any atom is -0.473 e. The van der Waals surface area contributed by atoms with E-state index in [0.29, 0.717) is 5.88 Å². The average Bonchev–Trinajstić information content (AvgIpc) is 2.41. The van der Waals surface area contributed by atoms with Crippen molar-refractivity contribution < 1.29 is 4.74 Å². The fourth-order valence-corrected chi connectivity index (χ4v) is 1.57. The molecule has 0 fully saturated rings. The van der Waals surface area contributed by atoms with E-state index in [1.807, 2.05) is 43.3 Å². The van der Waals surface area contributed by atoms with Crippen LogP contribution in [0.2, 0.25) is 0 Å². The van der Waals surface area contributed by atoms with Gasteiger partial charge in [-0.2, -0.15) is 0 Å². The van der Waals surface area contributed by atoms with Crippen molar-refractivity contribution in [1.82, 2.24) is 15.3 Å². The summed E-state index contributed by atoms with van der Waals surface area (Å²) in [5.41, 5.74) is 1.03. The van der Waals surface area contributed by atoms with E-state index in [4.69, 9.17) is 4.74 Å². The molecule has 0 saturated heterocycles. The zero-order chi connectivity index (χ0) is 12.6. The lowest BCUT2D eigenvalue weighted by atomic mass is 10.3. The van der Waals surface area contributed by atoms with Crippen LogP contribution in [0, 0.1) is 0 Å². The van der Waals surface area contributed by atoms with Crippen molar-refractivity contribution in [1.29, 1.82) is 0 Å². The number of aromatic nitrogens is 2. The first-order chi connectivity index (χ1) is 8.84. The quantitative estimate of drug-likeness (QED) is 0.843. The van der Waals surface area contributed by atoms with Gasteiger partial charge in [0.15, 0.2) is 0 Å². The van der Waals surface area contributed by atoms with Crippen molar-refractivity contribution >= 4 is 0 Å². The van der Waals surface area contributed by atoms with Gasteiger partial charge in [-0.3, -0.25) is 4.98 Å². The molecule has 18 heavy (non-hydrogen) atoms. The van der Waals surface area contributed by atoms with Gasteiger partial charge in [0.25, 0.3) is 0 Å². The summed E-state index contributed by atoms with van der Waals surface area (Å²) in [5, 5.41) is 3.31. The second kappa shape index (κ2) is 6.71. The summed E-state index contributed by atoms with van der Waals surface area (Å²) in [7, 11) is 0. The van der Waals surface area contributed by atoms with Crippen molar-refractivity contribution in [3.05, 3.63) is 54.5 Å². The highest BCUT2D eigenvalue weighted by Crippen LogP contribution is 2.05. The van der Waals surface area contributed by atoms with Gasteiger partial charge in [0.1, 0.15) is 6.10 Å². The summed E-state index contributed by atoms with van der Waals surface area (Å²) in [6, 6.07) is 11.5.